The fourth-order valence-electron chi connectivity index (χ4n) is 1.14. The highest BCUT2D eigenvalue weighted by Gasteiger charge is 2.05. The monoisotopic (exact) mass is 301 g/mol. The van der Waals surface area contributed by atoms with Crippen LogP contribution in [-0.2, 0) is 6.42 Å². The van der Waals surface area contributed by atoms with Crippen LogP contribution < -0.4 is 4.74 Å². The normalized spacial score (nSPS) is 10.4. The van der Waals surface area contributed by atoms with Crippen molar-refractivity contribution >= 4 is 27.3 Å². The minimum absolute atomic E-state index is 0.305. The molecular weight excluding hydrogens is 293 g/mol. The second-order valence-corrected chi connectivity index (χ2v) is 4.81. The molecule has 0 aliphatic carbocycles. The number of hydrogen-bond acceptors (Lipinski definition) is 3. The number of nitrogens with zero attached hydrogens (tertiary/aromatic N) is 1. The van der Waals surface area contributed by atoms with E-state index in [1.165, 1.54) is 17.4 Å². The van der Waals surface area contributed by atoms with Gasteiger partial charge in [0.25, 0.3) is 5.19 Å². The molecule has 0 N–H and O–H groups in total. The molecule has 1 heterocycles. The first-order valence-electron chi connectivity index (χ1n) is 4.76. The van der Waals surface area contributed by atoms with E-state index >= 15 is 0 Å². The van der Waals surface area contributed by atoms with Gasteiger partial charge < -0.3 is 4.74 Å². The summed E-state index contributed by atoms with van der Waals surface area (Å²) in [6.07, 6.45) is 0.882. The van der Waals surface area contributed by atoms with Crippen molar-refractivity contribution in [3.8, 4) is 10.9 Å². The molecule has 2 aromatic rings. The molecule has 5 heteroatoms. The van der Waals surface area contributed by atoms with Crippen molar-refractivity contribution < 1.29 is 9.13 Å². The van der Waals surface area contributed by atoms with E-state index in [4.69, 9.17) is 4.74 Å². The zero-order valence-electron chi connectivity index (χ0n) is 8.54. The van der Waals surface area contributed by atoms with Gasteiger partial charge in [0.1, 0.15) is 11.6 Å². The number of aryl methyl sites for hydroxylation is 1. The molecule has 0 radical (unpaired) electrons. The average molecular weight is 302 g/mol. The molecule has 2 rings (SSSR count). The molecule has 84 valence electrons. The predicted octanol–water partition coefficient (Wildman–Crippen LogP) is 4.40. The standard InChI is InChI=1S/C11H9BrFNOS/c1-2-7-6-16-11(14-7)15-8-3-4-10(13)9(12)5-8/h3-6H,2H2,1H3. The summed E-state index contributed by atoms with van der Waals surface area (Å²) in [5, 5.41) is 2.53. The zero-order chi connectivity index (χ0) is 11.5. The summed E-state index contributed by atoms with van der Waals surface area (Å²) < 4.78 is 18.9. The van der Waals surface area contributed by atoms with Crippen molar-refractivity contribution in [2.24, 2.45) is 0 Å². The van der Waals surface area contributed by atoms with Crippen LogP contribution in [0.1, 0.15) is 12.6 Å². The van der Waals surface area contributed by atoms with E-state index in [9.17, 15) is 4.39 Å². The van der Waals surface area contributed by atoms with Gasteiger partial charge in [-0.25, -0.2) is 9.37 Å². The molecule has 0 spiro atoms. The Hall–Kier alpha value is -0.940. The lowest BCUT2D eigenvalue weighted by molar-refractivity contribution is 0.474. The molecule has 1 aromatic heterocycles. The van der Waals surface area contributed by atoms with E-state index < -0.39 is 0 Å². The lowest BCUT2D eigenvalue weighted by Gasteiger charge is -2.02. The smallest absolute Gasteiger partial charge is 0.278 e. The second kappa shape index (κ2) is 4.93. The second-order valence-electron chi connectivity index (χ2n) is 3.14. The van der Waals surface area contributed by atoms with Crippen LogP contribution in [-0.4, -0.2) is 4.98 Å². The third-order valence-corrected chi connectivity index (χ3v) is 3.36. The average Bonchev–Trinajstić information content (AvgIpc) is 2.71. The third-order valence-electron chi connectivity index (χ3n) is 1.99. The minimum atomic E-state index is -0.305. The van der Waals surface area contributed by atoms with Gasteiger partial charge in [-0.05, 0) is 40.5 Å². The van der Waals surface area contributed by atoms with Gasteiger partial charge in [0.15, 0.2) is 0 Å². The van der Waals surface area contributed by atoms with Gasteiger partial charge in [0.05, 0.1) is 10.2 Å². The van der Waals surface area contributed by atoms with Crippen LogP contribution in [0.15, 0.2) is 28.1 Å². The van der Waals surface area contributed by atoms with E-state index in [2.05, 4.69) is 20.9 Å². The van der Waals surface area contributed by atoms with E-state index in [1.54, 1.807) is 12.1 Å². The van der Waals surface area contributed by atoms with Crippen LogP contribution in [0.4, 0.5) is 4.39 Å². The summed E-state index contributed by atoms with van der Waals surface area (Å²) >= 11 is 4.54. The van der Waals surface area contributed by atoms with Crippen LogP contribution >= 0.6 is 27.3 Å². The highest BCUT2D eigenvalue weighted by molar-refractivity contribution is 9.10. The van der Waals surface area contributed by atoms with Crippen molar-refractivity contribution in [2.75, 3.05) is 0 Å². The van der Waals surface area contributed by atoms with Crippen LogP contribution in [0.5, 0.6) is 10.9 Å². The SMILES string of the molecule is CCc1csc(Oc2ccc(F)c(Br)c2)n1. The summed E-state index contributed by atoms with van der Waals surface area (Å²) in [5.74, 6) is 0.269. The summed E-state index contributed by atoms with van der Waals surface area (Å²) in [4.78, 5) is 4.26. The highest BCUT2D eigenvalue weighted by atomic mass is 79.9. The highest BCUT2D eigenvalue weighted by Crippen LogP contribution is 2.28. The molecule has 0 bridgehead atoms. The van der Waals surface area contributed by atoms with Crippen molar-refractivity contribution in [2.45, 2.75) is 13.3 Å². The number of aromatic nitrogens is 1. The Balaban J connectivity index is 2.17. The zero-order valence-corrected chi connectivity index (χ0v) is 10.9. The van der Waals surface area contributed by atoms with Crippen molar-refractivity contribution in [3.05, 3.63) is 39.6 Å². The molecule has 0 saturated heterocycles. The van der Waals surface area contributed by atoms with Gasteiger partial charge in [-0.1, -0.05) is 18.3 Å². The van der Waals surface area contributed by atoms with Gasteiger partial charge in [0, 0.05) is 5.38 Å². The Morgan fingerprint density at radius 3 is 2.94 bits per heavy atom. The molecule has 1 aromatic carbocycles. The van der Waals surface area contributed by atoms with Gasteiger partial charge in [-0.15, -0.1) is 0 Å². The van der Waals surface area contributed by atoms with Gasteiger partial charge in [-0.2, -0.15) is 0 Å². The largest absolute Gasteiger partial charge is 0.431 e. The number of thiazole rings is 1. The molecule has 0 atom stereocenters. The Morgan fingerprint density at radius 2 is 2.31 bits per heavy atom. The molecular formula is C11H9BrFNOS. The summed E-state index contributed by atoms with van der Waals surface area (Å²) in [5.41, 5.74) is 1.00. The van der Waals surface area contributed by atoms with Gasteiger partial charge >= 0.3 is 0 Å². The predicted molar refractivity (Wildman–Crippen MR) is 65.7 cm³/mol. The van der Waals surface area contributed by atoms with Crippen LogP contribution in [0.2, 0.25) is 0 Å². The lowest BCUT2D eigenvalue weighted by atomic mass is 10.3. The maximum Gasteiger partial charge on any atom is 0.278 e. The lowest BCUT2D eigenvalue weighted by Crippen LogP contribution is -1.86. The van der Waals surface area contributed by atoms with Crippen LogP contribution in [0.25, 0.3) is 0 Å². The van der Waals surface area contributed by atoms with E-state index in [0.29, 0.717) is 15.4 Å². The maximum absolute atomic E-state index is 13.0. The molecule has 0 saturated carbocycles. The first-order valence-corrected chi connectivity index (χ1v) is 6.43. The molecule has 2 nitrogen and oxygen atoms in total. The van der Waals surface area contributed by atoms with E-state index in [-0.39, 0.29) is 5.82 Å². The van der Waals surface area contributed by atoms with Crippen molar-refractivity contribution in [1.82, 2.24) is 4.98 Å². The number of rotatable bonds is 3. The molecule has 0 aliphatic rings. The molecule has 0 fully saturated rings. The quantitative estimate of drug-likeness (QED) is 0.838. The molecule has 0 aliphatic heterocycles. The molecule has 16 heavy (non-hydrogen) atoms. The van der Waals surface area contributed by atoms with Crippen molar-refractivity contribution in [3.63, 3.8) is 0 Å². The number of benzene rings is 1. The first kappa shape index (κ1) is 11.5. The Morgan fingerprint density at radius 1 is 1.50 bits per heavy atom. The summed E-state index contributed by atoms with van der Waals surface area (Å²) in [7, 11) is 0. The Labute approximate surface area is 105 Å². The molecule has 0 unspecified atom stereocenters. The molecule has 0 amide bonds. The topological polar surface area (TPSA) is 22.1 Å². The van der Waals surface area contributed by atoms with Crippen LogP contribution in [0.3, 0.4) is 0 Å². The van der Waals surface area contributed by atoms with Crippen molar-refractivity contribution in [1.29, 1.82) is 0 Å². The minimum Gasteiger partial charge on any atom is -0.431 e. The fourth-order valence-corrected chi connectivity index (χ4v) is 2.27. The number of ether oxygens (including phenoxy) is 1. The van der Waals surface area contributed by atoms with Gasteiger partial charge in [0.2, 0.25) is 0 Å². The first-order chi connectivity index (χ1) is 7.69. The number of halogens is 2. The number of hydrogen-bond donors (Lipinski definition) is 0. The Kier molecular flexibility index (Phi) is 3.56. The van der Waals surface area contributed by atoms with E-state index in [0.717, 1.165) is 12.1 Å². The van der Waals surface area contributed by atoms with E-state index in [1.807, 2.05) is 12.3 Å². The Bertz CT molecular complexity index is 500. The van der Waals surface area contributed by atoms with Gasteiger partial charge in [-0.3, -0.25) is 0 Å². The third kappa shape index (κ3) is 2.59. The maximum atomic E-state index is 13.0. The summed E-state index contributed by atoms with van der Waals surface area (Å²) in [6.45, 7) is 2.04. The summed E-state index contributed by atoms with van der Waals surface area (Å²) in [6, 6.07) is 4.52. The van der Waals surface area contributed by atoms with Crippen LogP contribution in [0, 0.1) is 5.82 Å². The fraction of sp³-hybridized carbons (Fsp3) is 0.182.